The summed E-state index contributed by atoms with van der Waals surface area (Å²) in [7, 11) is 0. The monoisotopic (exact) mass is 345 g/mol. The first-order valence-electron chi connectivity index (χ1n) is 9.63. The number of benzene rings is 1. The molecule has 0 aliphatic carbocycles. The van der Waals surface area contributed by atoms with Gasteiger partial charge in [-0.3, -0.25) is 4.90 Å². The number of amides is 2. The van der Waals surface area contributed by atoms with Crippen molar-refractivity contribution in [2.45, 2.75) is 44.8 Å². The highest BCUT2D eigenvalue weighted by Crippen LogP contribution is 2.26. The number of piperidine rings is 2. The van der Waals surface area contributed by atoms with Gasteiger partial charge in [-0.15, -0.1) is 0 Å². The number of β-amino-alcohol motifs (C(OH)–C–C–N with tert-alkyl or cyclic N) is 1. The minimum Gasteiger partial charge on any atom is -0.391 e. The maximum atomic E-state index is 12.5. The number of nitrogens with zero attached hydrogens (tertiary/aromatic N) is 2. The number of hydrogen-bond acceptors (Lipinski definition) is 3. The lowest BCUT2D eigenvalue weighted by molar-refractivity contribution is 0.0823. The molecule has 3 rings (SSSR count). The highest BCUT2D eigenvalue weighted by Gasteiger charge is 2.27. The quantitative estimate of drug-likeness (QED) is 0.882. The lowest BCUT2D eigenvalue weighted by atomic mass is 9.95. The Morgan fingerprint density at radius 3 is 2.60 bits per heavy atom. The molecule has 1 aromatic rings. The van der Waals surface area contributed by atoms with Gasteiger partial charge in [0.1, 0.15) is 0 Å². The van der Waals surface area contributed by atoms with E-state index in [-0.39, 0.29) is 18.2 Å². The number of hydrogen-bond donors (Lipinski definition) is 2. The third-order valence-corrected chi connectivity index (χ3v) is 5.57. The SMILES string of the molecule is CC1CCN([C@H](CNC(=O)N2CCC[C@H](O)C2)c2ccccc2)CC1. The average molecular weight is 345 g/mol. The Balaban J connectivity index is 1.62. The second-order valence-electron chi connectivity index (χ2n) is 7.57. The van der Waals surface area contributed by atoms with Gasteiger partial charge in [-0.2, -0.15) is 0 Å². The third-order valence-electron chi connectivity index (χ3n) is 5.57. The number of nitrogens with one attached hydrogen (secondary N) is 1. The summed E-state index contributed by atoms with van der Waals surface area (Å²) in [4.78, 5) is 16.7. The zero-order valence-corrected chi connectivity index (χ0v) is 15.2. The molecule has 2 heterocycles. The van der Waals surface area contributed by atoms with E-state index in [4.69, 9.17) is 0 Å². The molecule has 2 N–H and O–H groups in total. The predicted molar refractivity (Wildman–Crippen MR) is 99.4 cm³/mol. The van der Waals surface area contributed by atoms with E-state index in [0.717, 1.165) is 38.4 Å². The Labute approximate surface area is 151 Å². The van der Waals surface area contributed by atoms with Crippen LogP contribution in [-0.4, -0.2) is 59.8 Å². The van der Waals surface area contributed by atoms with Gasteiger partial charge >= 0.3 is 6.03 Å². The number of carbonyl (C=O) groups is 1. The van der Waals surface area contributed by atoms with Gasteiger partial charge in [-0.1, -0.05) is 37.3 Å². The molecular formula is C20H31N3O2. The van der Waals surface area contributed by atoms with Gasteiger partial charge in [0.25, 0.3) is 0 Å². The van der Waals surface area contributed by atoms with E-state index in [0.29, 0.717) is 13.1 Å². The van der Waals surface area contributed by atoms with Crippen molar-refractivity contribution in [3.63, 3.8) is 0 Å². The molecule has 2 fully saturated rings. The van der Waals surface area contributed by atoms with Crippen molar-refractivity contribution < 1.29 is 9.90 Å². The third kappa shape index (κ3) is 4.95. The molecule has 1 aromatic carbocycles. The maximum absolute atomic E-state index is 12.5. The molecule has 25 heavy (non-hydrogen) atoms. The van der Waals surface area contributed by atoms with E-state index in [9.17, 15) is 9.90 Å². The predicted octanol–water partition coefficient (Wildman–Crippen LogP) is 2.63. The molecular weight excluding hydrogens is 314 g/mol. The van der Waals surface area contributed by atoms with E-state index in [1.165, 1.54) is 18.4 Å². The molecule has 0 bridgehead atoms. The van der Waals surface area contributed by atoms with Crippen LogP contribution in [0, 0.1) is 5.92 Å². The van der Waals surface area contributed by atoms with Crippen molar-refractivity contribution in [1.82, 2.24) is 15.1 Å². The van der Waals surface area contributed by atoms with Crippen LogP contribution in [0.25, 0.3) is 0 Å². The molecule has 2 atom stereocenters. The van der Waals surface area contributed by atoms with E-state index < -0.39 is 0 Å². The number of aliphatic hydroxyl groups is 1. The van der Waals surface area contributed by atoms with Crippen LogP contribution in [-0.2, 0) is 0 Å². The van der Waals surface area contributed by atoms with Crippen LogP contribution in [0.5, 0.6) is 0 Å². The lowest BCUT2D eigenvalue weighted by Crippen LogP contribution is -2.49. The highest BCUT2D eigenvalue weighted by molar-refractivity contribution is 5.74. The normalized spacial score (nSPS) is 24.1. The average Bonchev–Trinajstić information content (AvgIpc) is 2.64. The number of likely N-dealkylation sites (tertiary alicyclic amines) is 2. The van der Waals surface area contributed by atoms with Crippen molar-refractivity contribution in [3.8, 4) is 0 Å². The standard InChI is InChI=1S/C20H31N3O2/c1-16-9-12-22(13-10-16)19(17-6-3-2-4-7-17)14-21-20(25)23-11-5-8-18(24)15-23/h2-4,6-7,16,18-19,24H,5,8-15H2,1H3,(H,21,25)/t18-,19+/m0/s1. The number of aliphatic hydroxyl groups excluding tert-OH is 1. The Morgan fingerprint density at radius 1 is 1.20 bits per heavy atom. The van der Waals surface area contributed by atoms with Crippen LogP contribution in [0.4, 0.5) is 4.79 Å². The van der Waals surface area contributed by atoms with Crippen LogP contribution in [0.3, 0.4) is 0 Å². The Morgan fingerprint density at radius 2 is 1.92 bits per heavy atom. The molecule has 2 aliphatic heterocycles. The molecule has 5 nitrogen and oxygen atoms in total. The molecule has 2 saturated heterocycles. The summed E-state index contributed by atoms with van der Waals surface area (Å²) in [6.45, 7) is 6.28. The molecule has 0 aromatic heterocycles. The van der Waals surface area contributed by atoms with Gasteiger partial charge in [0.2, 0.25) is 0 Å². The zero-order chi connectivity index (χ0) is 17.6. The Kier molecular flexibility index (Phi) is 6.32. The molecule has 0 spiro atoms. The molecule has 0 unspecified atom stereocenters. The Bertz CT molecular complexity index is 543. The van der Waals surface area contributed by atoms with Crippen molar-refractivity contribution >= 4 is 6.03 Å². The second kappa shape index (κ2) is 8.68. The fourth-order valence-electron chi connectivity index (χ4n) is 3.91. The summed E-state index contributed by atoms with van der Waals surface area (Å²) in [6.07, 6.45) is 3.72. The highest BCUT2D eigenvalue weighted by atomic mass is 16.3. The fourth-order valence-corrected chi connectivity index (χ4v) is 3.91. The first-order valence-corrected chi connectivity index (χ1v) is 9.63. The summed E-state index contributed by atoms with van der Waals surface area (Å²) in [5.41, 5.74) is 1.26. The van der Waals surface area contributed by atoms with Crippen molar-refractivity contribution in [1.29, 1.82) is 0 Å². The van der Waals surface area contributed by atoms with E-state index in [1.54, 1.807) is 4.90 Å². The molecule has 5 heteroatoms. The van der Waals surface area contributed by atoms with E-state index >= 15 is 0 Å². The molecule has 0 saturated carbocycles. The van der Waals surface area contributed by atoms with Gasteiger partial charge in [0, 0.05) is 19.6 Å². The first-order chi connectivity index (χ1) is 12.1. The summed E-state index contributed by atoms with van der Waals surface area (Å²) < 4.78 is 0. The van der Waals surface area contributed by atoms with Gasteiger partial charge in [0.15, 0.2) is 0 Å². The minimum absolute atomic E-state index is 0.0509. The second-order valence-corrected chi connectivity index (χ2v) is 7.57. The molecule has 0 radical (unpaired) electrons. The van der Waals surface area contributed by atoms with Crippen molar-refractivity contribution in [2.24, 2.45) is 5.92 Å². The number of rotatable bonds is 4. The van der Waals surface area contributed by atoms with Crippen molar-refractivity contribution in [2.75, 3.05) is 32.7 Å². The lowest BCUT2D eigenvalue weighted by Gasteiger charge is -2.38. The van der Waals surface area contributed by atoms with Gasteiger partial charge < -0.3 is 15.3 Å². The van der Waals surface area contributed by atoms with Crippen LogP contribution < -0.4 is 5.32 Å². The summed E-state index contributed by atoms with van der Waals surface area (Å²) in [5.74, 6) is 0.789. The van der Waals surface area contributed by atoms with Gasteiger partial charge in [-0.05, 0) is 50.3 Å². The largest absolute Gasteiger partial charge is 0.391 e. The minimum atomic E-state index is -0.381. The smallest absolute Gasteiger partial charge is 0.317 e. The number of urea groups is 1. The van der Waals surface area contributed by atoms with Gasteiger partial charge in [-0.25, -0.2) is 4.79 Å². The zero-order valence-electron chi connectivity index (χ0n) is 15.2. The fraction of sp³-hybridized carbons (Fsp3) is 0.650. The first kappa shape index (κ1) is 18.2. The topological polar surface area (TPSA) is 55.8 Å². The summed E-state index contributed by atoms with van der Waals surface area (Å²) in [6, 6.07) is 10.6. The number of carbonyl (C=O) groups excluding carboxylic acids is 1. The van der Waals surface area contributed by atoms with Crippen molar-refractivity contribution in [3.05, 3.63) is 35.9 Å². The van der Waals surface area contributed by atoms with Crippen LogP contribution >= 0.6 is 0 Å². The molecule has 2 aliphatic rings. The maximum Gasteiger partial charge on any atom is 0.317 e. The van der Waals surface area contributed by atoms with Crippen LogP contribution in [0.15, 0.2) is 30.3 Å². The van der Waals surface area contributed by atoms with Gasteiger partial charge in [0.05, 0.1) is 12.1 Å². The molecule has 2 amide bonds. The summed E-state index contributed by atoms with van der Waals surface area (Å²) in [5, 5.41) is 12.9. The Hall–Kier alpha value is -1.59. The molecule has 138 valence electrons. The van der Waals surface area contributed by atoms with E-state index in [1.807, 2.05) is 6.07 Å². The van der Waals surface area contributed by atoms with Crippen LogP contribution in [0.1, 0.15) is 44.2 Å². The summed E-state index contributed by atoms with van der Waals surface area (Å²) >= 11 is 0. The van der Waals surface area contributed by atoms with E-state index in [2.05, 4.69) is 41.4 Å². The van der Waals surface area contributed by atoms with Crippen LogP contribution in [0.2, 0.25) is 0 Å².